The van der Waals surface area contributed by atoms with E-state index < -0.39 is 0 Å². The van der Waals surface area contributed by atoms with Gasteiger partial charge in [-0.1, -0.05) is 12.1 Å². The first-order chi connectivity index (χ1) is 10.2. The molecule has 0 unspecified atom stereocenters. The first-order valence-corrected chi connectivity index (χ1v) is 7.32. The summed E-state index contributed by atoms with van der Waals surface area (Å²) in [4.78, 5) is 25.0. The van der Waals surface area contributed by atoms with Crippen LogP contribution in [0.4, 0.5) is 0 Å². The average molecular weight is 291 g/mol. The zero-order valence-corrected chi connectivity index (χ0v) is 12.2. The fourth-order valence-corrected chi connectivity index (χ4v) is 2.56. The summed E-state index contributed by atoms with van der Waals surface area (Å²) in [5.74, 6) is -0.212. The van der Waals surface area contributed by atoms with Gasteiger partial charge in [-0.3, -0.25) is 4.79 Å². The van der Waals surface area contributed by atoms with Crippen LogP contribution in [0.2, 0.25) is 0 Å². The second-order valence-corrected chi connectivity index (χ2v) is 5.13. The quantitative estimate of drug-likeness (QED) is 0.804. The Morgan fingerprint density at radius 3 is 2.71 bits per heavy atom. The first-order valence-electron chi connectivity index (χ1n) is 7.32. The summed E-state index contributed by atoms with van der Waals surface area (Å²) in [6, 6.07) is 7.18. The largest absolute Gasteiger partial charge is 0.462 e. The molecule has 0 aliphatic carbocycles. The van der Waals surface area contributed by atoms with Crippen LogP contribution in [0.1, 0.15) is 35.7 Å². The van der Waals surface area contributed by atoms with E-state index in [4.69, 9.17) is 4.74 Å². The smallest absolute Gasteiger partial charge is 0.338 e. The minimum atomic E-state index is -0.320. The van der Waals surface area contributed by atoms with Crippen LogP contribution in [0.15, 0.2) is 24.3 Å². The van der Waals surface area contributed by atoms with E-state index in [9.17, 15) is 14.7 Å². The maximum Gasteiger partial charge on any atom is 0.338 e. The van der Waals surface area contributed by atoms with Crippen molar-refractivity contribution in [1.29, 1.82) is 0 Å². The van der Waals surface area contributed by atoms with Crippen molar-refractivity contribution in [1.82, 2.24) is 4.90 Å². The molecule has 2 rings (SSSR count). The van der Waals surface area contributed by atoms with Crippen molar-refractivity contribution in [3.05, 3.63) is 35.4 Å². The highest BCUT2D eigenvalue weighted by Crippen LogP contribution is 2.19. The van der Waals surface area contributed by atoms with Gasteiger partial charge in [-0.2, -0.15) is 0 Å². The molecule has 0 radical (unpaired) electrons. The molecular formula is C16H21NO4. The van der Waals surface area contributed by atoms with Crippen LogP contribution in [0.3, 0.4) is 0 Å². The van der Waals surface area contributed by atoms with Gasteiger partial charge in [0.15, 0.2) is 0 Å². The maximum atomic E-state index is 11.7. The van der Waals surface area contributed by atoms with E-state index in [1.54, 1.807) is 24.0 Å². The number of benzene rings is 1. The van der Waals surface area contributed by atoms with Crippen molar-refractivity contribution in [3.63, 3.8) is 0 Å². The summed E-state index contributed by atoms with van der Waals surface area (Å²) in [5.41, 5.74) is 1.59. The number of rotatable bonds is 6. The van der Waals surface area contributed by atoms with E-state index in [-0.39, 0.29) is 24.5 Å². The minimum Gasteiger partial charge on any atom is -0.462 e. The Morgan fingerprint density at radius 2 is 2.10 bits per heavy atom. The third kappa shape index (κ3) is 3.82. The summed E-state index contributed by atoms with van der Waals surface area (Å²) >= 11 is 0. The number of hydrogen-bond donors (Lipinski definition) is 1. The number of aliphatic hydroxyl groups is 1. The Kier molecular flexibility index (Phi) is 5.33. The molecular weight excluding hydrogens is 270 g/mol. The Bertz CT molecular complexity index is 498. The summed E-state index contributed by atoms with van der Waals surface area (Å²) in [7, 11) is 0. The molecule has 1 amide bonds. The first kappa shape index (κ1) is 15.5. The Labute approximate surface area is 124 Å². The lowest BCUT2D eigenvalue weighted by molar-refractivity contribution is -0.129. The lowest BCUT2D eigenvalue weighted by atomic mass is 10.1. The molecule has 5 heteroatoms. The van der Waals surface area contributed by atoms with Crippen molar-refractivity contribution in [2.75, 3.05) is 19.8 Å². The Morgan fingerprint density at radius 1 is 1.38 bits per heavy atom. The molecule has 114 valence electrons. The van der Waals surface area contributed by atoms with Gasteiger partial charge in [0.1, 0.15) is 0 Å². The number of carbonyl (C=O) groups excluding carboxylic acids is 2. The fraction of sp³-hybridized carbons (Fsp3) is 0.500. The number of carbonyl (C=O) groups is 2. The molecule has 5 nitrogen and oxygen atoms in total. The molecule has 1 saturated heterocycles. The van der Waals surface area contributed by atoms with Gasteiger partial charge >= 0.3 is 5.97 Å². The lowest BCUT2D eigenvalue weighted by Crippen LogP contribution is -2.36. The van der Waals surface area contributed by atoms with Crippen molar-refractivity contribution in [3.8, 4) is 0 Å². The number of hydrogen-bond acceptors (Lipinski definition) is 4. The van der Waals surface area contributed by atoms with E-state index >= 15 is 0 Å². The number of amides is 1. The second kappa shape index (κ2) is 7.22. The standard InChI is InChI=1S/C16H21NO4/c1-2-21-16(20)13-5-3-12(4-6-13)9-10-17-14(11-18)7-8-15(17)19/h3-6,14,18H,2,7-11H2,1H3/t14-/m1/s1. The third-order valence-corrected chi connectivity index (χ3v) is 3.77. The van der Waals surface area contributed by atoms with E-state index in [2.05, 4.69) is 0 Å². The number of likely N-dealkylation sites (tertiary alicyclic amines) is 1. The van der Waals surface area contributed by atoms with E-state index in [0.29, 0.717) is 31.6 Å². The molecule has 0 saturated carbocycles. The fourth-order valence-electron chi connectivity index (χ4n) is 2.56. The van der Waals surface area contributed by atoms with Gasteiger partial charge in [-0.25, -0.2) is 4.79 Å². The van der Waals surface area contributed by atoms with Crippen molar-refractivity contribution in [2.45, 2.75) is 32.2 Å². The molecule has 0 spiro atoms. The predicted molar refractivity (Wildman–Crippen MR) is 77.9 cm³/mol. The molecule has 1 aromatic carbocycles. The normalized spacial score (nSPS) is 18.1. The number of ether oxygens (including phenoxy) is 1. The van der Waals surface area contributed by atoms with Crippen LogP contribution in [0, 0.1) is 0 Å². The average Bonchev–Trinajstić information content (AvgIpc) is 2.86. The zero-order valence-electron chi connectivity index (χ0n) is 12.2. The van der Waals surface area contributed by atoms with Gasteiger partial charge in [0.25, 0.3) is 0 Å². The van der Waals surface area contributed by atoms with Gasteiger partial charge in [0.2, 0.25) is 5.91 Å². The number of esters is 1. The van der Waals surface area contributed by atoms with Gasteiger partial charge in [-0.05, 0) is 37.5 Å². The van der Waals surface area contributed by atoms with Crippen molar-refractivity contribution >= 4 is 11.9 Å². The second-order valence-electron chi connectivity index (χ2n) is 5.13. The molecule has 1 N–H and O–H groups in total. The van der Waals surface area contributed by atoms with E-state index in [0.717, 1.165) is 12.0 Å². The Balaban J connectivity index is 1.91. The van der Waals surface area contributed by atoms with Crippen LogP contribution in [0.5, 0.6) is 0 Å². The molecule has 1 aliphatic rings. The van der Waals surface area contributed by atoms with Gasteiger partial charge < -0.3 is 14.7 Å². The zero-order chi connectivity index (χ0) is 15.2. The van der Waals surface area contributed by atoms with Crippen LogP contribution >= 0.6 is 0 Å². The van der Waals surface area contributed by atoms with Crippen molar-refractivity contribution < 1.29 is 19.4 Å². The maximum absolute atomic E-state index is 11.7. The monoisotopic (exact) mass is 291 g/mol. The summed E-state index contributed by atoms with van der Waals surface area (Å²) in [5, 5.41) is 9.25. The molecule has 1 aliphatic heterocycles. The molecule has 1 aromatic rings. The SMILES string of the molecule is CCOC(=O)c1ccc(CCN2C(=O)CC[C@@H]2CO)cc1. The van der Waals surface area contributed by atoms with Gasteiger partial charge in [-0.15, -0.1) is 0 Å². The van der Waals surface area contributed by atoms with Gasteiger partial charge in [0, 0.05) is 13.0 Å². The molecule has 1 heterocycles. The van der Waals surface area contributed by atoms with Crippen LogP contribution in [0.25, 0.3) is 0 Å². The summed E-state index contributed by atoms with van der Waals surface area (Å²) in [6.45, 7) is 2.76. The van der Waals surface area contributed by atoms with E-state index in [1.807, 2.05) is 12.1 Å². The molecule has 21 heavy (non-hydrogen) atoms. The van der Waals surface area contributed by atoms with Crippen LogP contribution < -0.4 is 0 Å². The van der Waals surface area contributed by atoms with Crippen molar-refractivity contribution in [2.24, 2.45) is 0 Å². The van der Waals surface area contributed by atoms with Crippen LogP contribution in [-0.2, 0) is 16.0 Å². The highest BCUT2D eigenvalue weighted by molar-refractivity contribution is 5.89. The highest BCUT2D eigenvalue weighted by Gasteiger charge is 2.29. The molecule has 0 bridgehead atoms. The number of aliphatic hydroxyl groups excluding tert-OH is 1. The predicted octanol–water partition coefficient (Wildman–Crippen LogP) is 1.39. The highest BCUT2D eigenvalue weighted by atomic mass is 16.5. The molecule has 1 fully saturated rings. The lowest BCUT2D eigenvalue weighted by Gasteiger charge is -2.23. The van der Waals surface area contributed by atoms with E-state index in [1.165, 1.54) is 0 Å². The van der Waals surface area contributed by atoms with Gasteiger partial charge in [0.05, 0.1) is 24.8 Å². The Hall–Kier alpha value is -1.88. The molecule has 1 atom stereocenters. The third-order valence-electron chi connectivity index (χ3n) is 3.77. The summed E-state index contributed by atoms with van der Waals surface area (Å²) < 4.78 is 4.93. The molecule has 0 aromatic heterocycles. The summed E-state index contributed by atoms with van der Waals surface area (Å²) in [6.07, 6.45) is 1.97. The number of nitrogens with zero attached hydrogens (tertiary/aromatic N) is 1. The van der Waals surface area contributed by atoms with Crippen LogP contribution in [-0.4, -0.2) is 47.7 Å². The minimum absolute atomic E-state index is 0.0214. The topological polar surface area (TPSA) is 66.8 Å².